The number of hydrogen-bond acceptors (Lipinski definition) is 6. The van der Waals surface area contributed by atoms with E-state index in [0.717, 1.165) is 10.0 Å². The van der Waals surface area contributed by atoms with Gasteiger partial charge in [0.1, 0.15) is 0 Å². The number of nitrogens with zero attached hydrogens (tertiary/aromatic N) is 2. The van der Waals surface area contributed by atoms with Crippen LogP contribution in [0, 0.1) is 0 Å². The van der Waals surface area contributed by atoms with Gasteiger partial charge in [0.15, 0.2) is 0 Å². The standard InChI is InChI=1S/C12H15BrN2O4/c1-18-11(16)7-15(8-12(17)19-2)6-9-3-10(13)5-14-4-9/h3-5H,6-8H2,1-2H3. The highest BCUT2D eigenvalue weighted by molar-refractivity contribution is 9.10. The minimum atomic E-state index is -0.410. The summed E-state index contributed by atoms with van der Waals surface area (Å²) in [4.78, 5) is 28.3. The van der Waals surface area contributed by atoms with Crippen LogP contribution in [0.3, 0.4) is 0 Å². The molecule has 7 heteroatoms. The van der Waals surface area contributed by atoms with Gasteiger partial charge in [-0.3, -0.25) is 19.5 Å². The van der Waals surface area contributed by atoms with Crippen molar-refractivity contribution in [2.24, 2.45) is 0 Å². The number of esters is 2. The van der Waals surface area contributed by atoms with Crippen LogP contribution in [0.25, 0.3) is 0 Å². The highest BCUT2D eigenvalue weighted by Crippen LogP contribution is 2.11. The van der Waals surface area contributed by atoms with Crippen molar-refractivity contribution in [3.63, 3.8) is 0 Å². The molecule has 6 nitrogen and oxygen atoms in total. The molecular weight excluding hydrogens is 316 g/mol. The Bertz CT molecular complexity index is 435. The zero-order chi connectivity index (χ0) is 14.3. The zero-order valence-corrected chi connectivity index (χ0v) is 12.3. The Morgan fingerprint density at radius 3 is 2.26 bits per heavy atom. The van der Waals surface area contributed by atoms with E-state index in [0.29, 0.717) is 6.54 Å². The first-order valence-electron chi connectivity index (χ1n) is 5.50. The van der Waals surface area contributed by atoms with Gasteiger partial charge >= 0.3 is 11.9 Å². The van der Waals surface area contributed by atoms with Crippen LogP contribution < -0.4 is 0 Å². The van der Waals surface area contributed by atoms with E-state index in [2.05, 4.69) is 30.4 Å². The van der Waals surface area contributed by atoms with Crippen molar-refractivity contribution in [3.8, 4) is 0 Å². The van der Waals surface area contributed by atoms with Gasteiger partial charge in [0.05, 0.1) is 27.3 Å². The second kappa shape index (κ2) is 7.85. The van der Waals surface area contributed by atoms with Crippen molar-refractivity contribution in [2.75, 3.05) is 27.3 Å². The summed E-state index contributed by atoms with van der Waals surface area (Å²) >= 11 is 3.32. The lowest BCUT2D eigenvalue weighted by Crippen LogP contribution is -2.35. The predicted molar refractivity (Wildman–Crippen MR) is 71.2 cm³/mol. The van der Waals surface area contributed by atoms with Crippen molar-refractivity contribution in [1.29, 1.82) is 0 Å². The Morgan fingerprint density at radius 2 is 1.79 bits per heavy atom. The van der Waals surface area contributed by atoms with Crippen LogP contribution in [0.5, 0.6) is 0 Å². The molecule has 0 bridgehead atoms. The molecule has 0 unspecified atom stereocenters. The topological polar surface area (TPSA) is 68.7 Å². The Balaban J connectivity index is 2.72. The molecule has 0 atom stereocenters. The number of halogens is 1. The lowest BCUT2D eigenvalue weighted by molar-refractivity contribution is -0.145. The maximum absolute atomic E-state index is 11.3. The summed E-state index contributed by atoms with van der Waals surface area (Å²) in [7, 11) is 2.61. The summed E-state index contributed by atoms with van der Waals surface area (Å²) < 4.78 is 10.0. The van der Waals surface area contributed by atoms with Crippen molar-refractivity contribution in [2.45, 2.75) is 6.54 Å². The van der Waals surface area contributed by atoms with Crippen molar-refractivity contribution < 1.29 is 19.1 Å². The lowest BCUT2D eigenvalue weighted by atomic mass is 10.2. The van der Waals surface area contributed by atoms with Crippen LogP contribution >= 0.6 is 15.9 Å². The van der Waals surface area contributed by atoms with E-state index in [1.54, 1.807) is 17.3 Å². The van der Waals surface area contributed by atoms with Crippen LogP contribution in [0.15, 0.2) is 22.9 Å². The van der Waals surface area contributed by atoms with Crippen molar-refractivity contribution in [3.05, 3.63) is 28.5 Å². The summed E-state index contributed by atoms with van der Waals surface area (Å²) in [6, 6.07) is 1.87. The molecule has 0 saturated heterocycles. The maximum Gasteiger partial charge on any atom is 0.319 e. The fourth-order valence-electron chi connectivity index (χ4n) is 1.46. The van der Waals surface area contributed by atoms with E-state index in [4.69, 9.17) is 0 Å². The number of carbonyl (C=O) groups is 2. The third-order valence-electron chi connectivity index (χ3n) is 2.33. The molecule has 0 spiro atoms. The number of rotatable bonds is 6. The molecule has 104 valence electrons. The average molecular weight is 331 g/mol. The molecule has 1 aromatic rings. The number of ether oxygens (including phenoxy) is 2. The largest absolute Gasteiger partial charge is 0.468 e. The molecule has 1 aromatic heterocycles. The molecule has 0 aliphatic heterocycles. The van der Waals surface area contributed by atoms with Crippen LogP contribution in [0.4, 0.5) is 0 Å². The van der Waals surface area contributed by atoms with E-state index in [1.165, 1.54) is 14.2 Å². The Kier molecular flexibility index (Phi) is 6.44. The van der Waals surface area contributed by atoms with Gasteiger partial charge in [-0.15, -0.1) is 0 Å². The molecule has 0 aliphatic rings. The molecule has 0 N–H and O–H groups in total. The molecule has 0 aromatic carbocycles. The van der Waals surface area contributed by atoms with Gasteiger partial charge < -0.3 is 9.47 Å². The second-order valence-corrected chi connectivity index (χ2v) is 4.72. The molecule has 1 rings (SSSR count). The van der Waals surface area contributed by atoms with E-state index >= 15 is 0 Å². The Labute approximate surface area is 119 Å². The minimum Gasteiger partial charge on any atom is -0.468 e. The van der Waals surface area contributed by atoms with E-state index < -0.39 is 11.9 Å². The quantitative estimate of drug-likeness (QED) is 0.724. The lowest BCUT2D eigenvalue weighted by Gasteiger charge is -2.19. The van der Waals surface area contributed by atoms with Crippen LogP contribution in [-0.4, -0.2) is 49.1 Å². The third kappa shape index (κ3) is 5.80. The van der Waals surface area contributed by atoms with Crippen LogP contribution in [0.2, 0.25) is 0 Å². The molecule has 19 heavy (non-hydrogen) atoms. The maximum atomic E-state index is 11.3. The summed E-state index contributed by atoms with van der Waals surface area (Å²) in [5, 5.41) is 0. The fraction of sp³-hybridized carbons (Fsp3) is 0.417. The van der Waals surface area contributed by atoms with Gasteiger partial charge in [-0.1, -0.05) is 0 Å². The number of methoxy groups -OCH3 is 2. The van der Waals surface area contributed by atoms with Gasteiger partial charge in [0.2, 0.25) is 0 Å². The van der Waals surface area contributed by atoms with Gasteiger partial charge in [-0.05, 0) is 27.6 Å². The van der Waals surface area contributed by atoms with Gasteiger partial charge in [-0.25, -0.2) is 0 Å². The summed E-state index contributed by atoms with van der Waals surface area (Å²) in [5.74, 6) is -0.821. The minimum absolute atomic E-state index is 0.0120. The SMILES string of the molecule is COC(=O)CN(CC(=O)OC)Cc1cncc(Br)c1. The van der Waals surface area contributed by atoms with Crippen LogP contribution in [0.1, 0.15) is 5.56 Å². The molecule has 0 fully saturated rings. The van der Waals surface area contributed by atoms with Gasteiger partial charge in [-0.2, -0.15) is 0 Å². The molecule has 0 amide bonds. The van der Waals surface area contributed by atoms with Crippen molar-refractivity contribution in [1.82, 2.24) is 9.88 Å². The predicted octanol–water partition coefficient (Wildman–Crippen LogP) is 0.992. The van der Waals surface area contributed by atoms with E-state index in [9.17, 15) is 9.59 Å². The molecule has 0 aliphatic carbocycles. The average Bonchev–Trinajstić information content (AvgIpc) is 2.38. The van der Waals surface area contributed by atoms with Crippen molar-refractivity contribution >= 4 is 27.9 Å². The molecule has 1 heterocycles. The zero-order valence-electron chi connectivity index (χ0n) is 10.8. The van der Waals surface area contributed by atoms with E-state index in [1.807, 2.05) is 6.07 Å². The normalized spacial score (nSPS) is 10.3. The fourth-order valence-corrected chi connectivity index (χ4v) is 1.87. The molecular formula is C12H15BrN2O4. The second-order valence-electron chi connectivity index (χ2n) is 3.81. The van der Waals surface area contributed by atoms with Crippen LogP contribution in [-0.2, 0) is 25.6 Å². The number of aromatic nitrogens is 1. The first kappa shape index (κ1) is 15.6. The first-order valence-corrected chi connectivity index (χ1v) is 6.30. The molecule has 0 radical (unpaired) electrons. The molecule has 0 saturated carbocycles. The number of hydrogen-bond donors (Lipinski definition) is 0. The third-order valence-corrected chi connectivity index (χ3v) is 2.76. The summed E-state index contributed by atoms with van der Waals surface area (Å²) in [6.07, 6.45) is 3.33. The number of pyridine rings is 1. The number of carbonyl (C=O) groups excluding carboxylic acids is 2. The highest BCUT2D eigenvalue weighted by Gasteiger charge is 2.16. The van der Waals surface area contributed by atoms with Gasteiger partial charge in [0, 0.05) is 23.4 Å². The van der Waals surface area contributed by atoms with E-state index in [-0.39, 0.29) is 13.1 Å². The monoisotopic (exact) mass is 330 g/mol. The van der Waals surface area contributed by atoms with Gasteiger partial charge in [0.25, 0.3) is 0 Å². The summed E-state index contributed by atoms with van der Waals surface area (Å²) in [6.45, 7) is 0.423. The Hall–Kier alpha value is -1.47. The summed E-state index contributed by atoms with van der Waals surface area (Å²) in [5.41, 5.74) is 0.877. The first-order chi connectivity index (χ1) is 9.05. The Morgan fingerprint density at radius 1 is 1.21 bits per heavy atom. The highest BCUT2D eigenvalue weighted by atomic mass is 79.9. The smallest absolute Gasteiger partial charge is 0.319 e.